The van der Waals surface area contributed by atoms with Gasteiger partial charge in [-0.05, 0) is 53.2 Å². The molecule has 1 N–H and O–H groups in total. The van der Waals surface area contributed by atoms with Gasteiger partial charge in [0.05, 0.1) is 0 Å². The number of nitrogens with one attached hydrogen (secondary N) is 1. The van der Waals surface area contributed by atoms with Gasteiger partial charge in [-0.3, -0.25) is 9.59 Å². The van der Waals surface area contributed by atoms with Crippen molar-refractivity contribution in [3.63, 3.8) is 0 Å². The van der Waals surface area contributed by atoms with Gasteiger partial charge in [0.25, 0.3) is 11.8 Å². The molecule has 138 valence electrons. The Morgan fingerprint density at radius 2 is 1.74 bits per heavy atom. The van der Waals surface area contributed by atoms with Crippen LogP contribution in [-0.2, 0) is 4.79 Å². The lowest BCUT2D eigenvalue weighted by molar-refractivity contribution is -0.118. The third kappa shape index (κ3) is 4.86. The molecule has 6 heteroatoms. The summed E-state index contributed by atoms with van der Waals surface area (Å²) in [5.41, 5.74) is 1.07. The Labute approximate surface area is 166 Å². The van der Waals surface area contributed by atoms with Gasteiger partial charge in [0, 0.05) is 29.8 Å². The number of carbonyl (C=O) groups excluding carboxylic acids is 2. The zero-order valence-electron chi connectivity index (χ0n) is 15.0. The predicted octanol–water partition coefficient (Wildman–Crippen LogP) is 4.32. The van der Waals surface area contributed by atoms with Gasteiger partial charge in [-0.1, -0.05) is 34.1 Å². The summed E-state index contributed by atoms with van der Waals surface area (Å²) in [4.78, 5) is 25.7. The molecule has 3 rings (SSSR count). The fourth-order valence-electron chi connectivity index (χ4n) is 2.62. The van der Waals surface area contributed by atoms with Crippen LogP contribution in [0.15, 0.2) is 65.1 Å². The van der Waals surface area contributed by atoms with E-state index in [9.17, 15) is 9.59 Å². The lowest BCUT2D eigenvalue weighted by Crippen LogP contribution is -2.23. The summed E-state index contributed by atoms with van der Waals surface area (Å²) in [7, 11) is 3.37. The zero-order valence-corrected chi connectivity index (χ0v) is 16.6. The minimum Gasteiger partial charge on any atom is -0.484 e. The Morgan fingerprint density at radius 1 is 1.00 bits per heavy atom. The molecule has 27 heavy (non-hydrogen) atoms. The van der Waals surface area contributed by atoms with E-state index in [1.54, 1.807) is 38.4 Å². The third-order valence-electron chi connectivity index (χ3n) is 3.94. The van der Waals surface area contributed by atoms with Gasteiger partial charge in [-0.25, -0.2) is 0 Å². The largest absolute Gasteiger partial charge is 0.484 e. The number of nitrogens with zero attached hydrogens (tertiary/aromatic N) is 1. The van der Waals surface area contributed by atoms with E-state index in [1.165, 1.54) is 4.90 Å². The molecule has 0 heterocycles. The first-order valence-electron chi connectivity index (χ1n) is 8.36. The van der Waals surface area contributed by atoms with E-state index in [0.29, 0.717) is 17.0 Å². The number of hydrogen-bond donors (Lipinski definition) is 1. The molecule has 0 aliphatic heterocycles. The molecule has 3 aromatic rings. The van der Waals surface area contributed by atoms with Crippen LogP contribution in [0.5, 0.6) is 5.75 Å². The molecule has 5 nitrogen and oxygen atoms in total. The summed E-state index contributed by atoms with van der Waals surface area (Å²) in [5.74, 6) is 0.210. The van der Waals surface area contributed by atoms with Crippen LogP contribution >= 0.6 is 15.9 Å². The molecule has 0 aliphatic carbocycles. The molecular formula is C21H19BrN2O3. The summed E-state index contributed by atoms with van der Waals surface area (Å²) < 4.78 is 6.61. The van der Waals surface area contributed by atoms with Crippen molar-refractivity contribution in [2.45, 2.75) is 0 Å². The van der Waals surface area contributed by atoms with E-state index < -0.39 is 0 Å². The van der Waals surface area contributed by atoms with E-state index in [2.05, 4.69) is 21.2 Å². The Kier molecular flexibility index (Phi) is 5.76. The van der Waals surface area contributed by atoms with Gasteiger partial charge in [-0.2, -0.15) is 0 Å². The van der Waals surface area contributed by atoms with Crippen molar-refractivity contribution in [2.75, 3.05) is 26.0 Å². The number of amides is 2. The lowest BCUT2D eigenvalue weighted by Gasteiger charge is -2.12. The Morgan fingerprint density at radius 3 is 2.52 bits per heavy atom. The fraction of sp³-hybridized carbons (Fsp3) is 0.143. The average molecular weight is 427 g/mol. The van der Waals surface area contributed by atoms with E-state index in [0.717, 1.165) is 15.2 Å². The Bertz CT molecular complexity index is 1000. The first-order chi connectivity index (χ1) is 12.9. The van der Waals surface area contributed by atoms with Crippen molar-refractivity contribution < 1.29 is 14.3 Å². The maximum Gasteiger partial charge on any atom is 0.262 e. The molecule has 2 amide bonds. The summed E-state index contributed by atoms with van der Waals surface area (Å²) in [6, 6.07) is 18.5. The standard InChI is InChI=1S/C21H19BrN2O3/c1-24(2)21(26)16-4-3-5-18(11-16)23-20(25)13-27-19-9-7-14-10-17(22)8-6-15(14)12-19/h3-12H,13H2,1-2H3,(H,23,25). The first kappa shape index (κ1) is 18.9. The van der Waals surface area contributed by atoms with E-state index in [4.69, 9.17) is 4.74 Å². The highest BCUT2D eigenvalue weighted by atomic mass is 79.9. The topological polar surface area (TPSA) is 58.6 Å². The van der Waals surface area contributed by atoms with Crippen molar-refractivity contribution in [1.29, 1.82) is 0 Å². The molecule has 0 saturated heterocycles. The second-order valence-electron chi connectivity index (χ2n) is 6.27. The molecule has 0 spiro atoms. The second kappa shape index (κ2) is 8.22. The molecule has 3 aromatic carbocycles. The maximum absolute atomic E-state index is 12.2. The fourth-order valence-corrected chi connectivity index (χ4v) is 3.00. The number of halogens is 1. The highest BCUT2D eigenvalue weighted by Crippen LogP contribution is 2.24. The van der Waals surface area contributed by atoms with Crippen LogP contribution in [0.3, 0.4) is 0 Å². The van der Waals surface area contributed by atoms with Gasteiger partial charge in [0.1, 0.15) is 5.75 Å². The molecule has 0 atom stereocenters. The molecule has 0 radical (unpaired) electrons. The molecule has 0 aliphatic rings. The monoisotopic (exact) mass is 426 g/mol. The molecular weight excluding hydrogens is 408 g/mol. The van der Waals surface area contributed by atoms with Gasteiger partial charge < -0.3 is 15.0 Å². The molecule has 0 fully saturated rings. The summed E-state index contributed by atoms with van der Waals surface area (Å²) in [6.45, 7) is -0.117. The van der Waals surface area contributed by atoms with Crippen LogP contribution in [0.2, 0.25) is 0 Å². The van der Waals surface area contributed by atoms with Crippen LogP contribution in [0.25, 0.3) is 10.8 Å². The van der Waals surface area contributed by atoms with Crippen LogP contribution in [0.4, 0.5) is 5.69 Å². The minimum atomic E-state index is -0.291. The van der Waals surface area contributed by atoms with Crippen molar-refractivity contribution in [1.82, 2.24) is 4.90 Å². The molecule has 0 aromatic heterocycles. The number of benzene rings is 3. The van der Waals surface area contributed by atoms with E-state index in [1.807, 2.05) is 36.4 Å². The van der Waals surface area contributed by atoms with E-state index in [-0.39, 0.29) is 18.4 Å². The Balaban J connectivity index is 1.62. The Hall–Kier alpha value is -2.86. The minimum absolute atomic E-state index is 0.117. The normalized spacial score (nSPS) is 10.5. The summed E-state index contributed by atoms with van der Waals surface area (Å²) >= 11 is 3.45. The third-order valence-corrected chi connectivity index (χ3v) is 4.44. The first-order valence-corrected chi connectivity index (χ1v) is 9.15. The number of fused-ring (bicyclic) bond motifs is 1. The molecule has 0 unspecified atom stereocenters. The van der Waals surface area contributed by atoms with Crippen molar-refractivity contribution in [3.8, 4) is 5.75 Å². The smallest absolute Gasteiger partial charge is 0.262 e. The summed E-state index contributed by atoms with van der Waals surface area (Å²) in [5, 5.41) is 4.87. The zero-order chi connectivity index (χ0) is 19.4. The molecule has 0 saturated carbocycles. The SMILES string of the molecule is CN(C)C(=O)c1cccc(NC(=O)COc2ccc3cc(Br)ccc3c2)c1. The van der Waals surface area contributed by atoms with Crippen LogP contribution in [-0.4, -0.2) is 37.4 Å². The highest BCUT2D eigenvalue weighted by molar-refractivity contribution is 9.10. The quantitative estimate of drug-likeness (QED) is 0.660. The number of rotatable bonds is 5. The number of ether oxygens (including phenoxy) is 1. The van der Waals surface area contributed by atoms with Crippen LogP contribution < -0.4 is 10.1 Å². The maximum atomic E-state index is 12.2. The van der Waals surface area contributed by atoms with Gasteiger partial charge >= 0.3 is 0 Å². The van der Waals surface area contributed by atoms with Gasteiger partial charge in [0.15, 0.2) is 6.61 Å². The second-order valence-corrected chi connectivity index (χ2v) is 7.19. The average Bonchev–Trinajstić information content (AvgIpc) is 2.65. The number of anilines is 1. The molecule has 0 bridgehead atoms. The van der Waals surface area contributed by atoms with Crippen molar-refractivity contribution >= 4 is 44.2 Å². The van der Waals surface area contributed by atoms with Gasteiger partial charge in [0.2, 0.25) is 0 Å². The van der Waals surface area contributed by atoms with Crippen molar-refractivity contribution in [2.24, 2.45) is 0 Å². The van der Waals surface area contributed by atoms with Crippen LogP contribution in [0.1, 0.15) is 10.4 Å². The number of hydrogen-bond acceptors (Lipinski definition) is 3. The number of carbonyl (C=O) groups is 2. The van der Waals surface area contributed by atoms with Gasteiger partial charge in [-0.15, -0.1) is 0 Å². The predicted molar refractivity (Wildman–Crippen MR) is 110 cm³/mol. The highest BCUT2D eigenvalue weighted by Gasteiger charge is 2.10. The van der Waals surface area contributed by atoms with Crippen LogP contribution in [0, 0.1) is 0 Å². The lowest BCUT2D eigenvalue weighted by atomic mass is 10.1. The van der Waals surface area contributed by atoms with E-state index >= 15 is 0 Å². The van der Waals surface area contributed by atoms with Crippen molar-refractivity contribution in [3.05, 3.63) is 70.7 Å². The summed E-state index contributed by atoms with van der Waals surface area (Å²) in [6.07, 6.45) is 0.